The number of aryl methyl sites for hydroxylation is 1. The Bertz CT molecular complexity index is 496. The summed E-state index contributed by atoms with van der Waals surface area (Å²) in [5, 5.41) is 0. The van der Waals surface area contributed by atoms with Gasteiger partial charge in [0.05, 0.1) is 13.7 Å². The summed E-state index contributed by atoms with van der Waals surface area (Å²) in [7, 11) is 1.50. The van der Waals surface area contributed by atoms with Crippen LogP contribution < -0.4 is 10.3 Å². The highest BCUT2D eigenvalue weighted by Gasteiger charge is 2.07. The molecule has 1 heterocycles. The molecule has 0 N–H and O–H groups in total. The molecule has 0 aliphatic carbocycles. The predicted octanol–water partition coefficient (Wildman–Crippen LogP) is 1.68. The van der Waals surface area contributed by atoms with Gasteiger partial charge < -0.3 is 9.47 Å². The van der Waals surface area contributed by atoms with Crippen LogP contribution in [0.25, 0.3) is 0 Å². The van der Waals surface area contributed by atoms with Gasteiger partial charge in [-0.05, 0) is 26.7 Å². The van der Waals surface area contributed by atoms with Gasteiger partial charge in [-0.25, -0.2) is 4.98 Å². The second-order valence-electron chi connectivity index (χ2n) is 4.49. The van der Waals surface area contributed by atoms with Crippen molar-refractivity contribution < 1.29 is 14.3 Å². The number of unbranched alkanes of at least 4 members (excludes halogenated alkanes) is 2. The van der Waals surface area contributed by atoms with E-state index >= 15 is 0 Å². The fourth-order valence-corrected chi connectivity index (χ4v) is 1.91. The van der Waals surface area contributed by atoms with Crippen molar-refractivity contribution in [1.82, 2.24) is 9.55 Å². The van der Waals surface area contributed by atoms with Crippen molar-refractivity contribution in [3.63, 3.8) is 0 Å². The van der Waals surface area contributed by atoms with Crippen LogP contribution in [0.15, 0.2) is 10.9 Å². The first-order valence-corrected chi connectivity index (χ1v) is 6.86. The molecule has 1 aromatic heterocycles. The molecule has 6 nitrogen and oxygen atoms in total. The number of esters is 1. The Morgan fingerprint density at radius 3 is 2.75 bits per heavy atom. The molecule has 6 heteroatoms. The number of ether oxygens (including phenoxy) is 2. The van der Waals surface area contributed by atoms with Gasteiger partial charge in [-0.2, -0.15) is 0 Å². The maximum Gasteiger partial charge on any atom is 0.305 e. The number of hydrogen-bond donors (Lipinski definition) is 0. The third-order valence-corrected chi connectivity index (χ3v) is 2.85. The molecule has 20 heavy (non-hydrogen) atoms. The molecule has 112 valence electrons. The third-order valence-electron chi connectivity index (χ3n) is 2.85. The van der Waals surface area contributed by atoms with Gasteiger partial charge in [0.15, 0.2) is 0 Å². The smallest absolute Gasteiger partial charge is 0.305 e. The molecule has 0 saturated heterocycles. The van der Waals surface area contributed by atoms with E-state index in [1.807, 2.05) is 0 Å². The van der Waals surface area contributed by atoms with E-state index in [4.69, 9.17) is 9.47 Å². The SMILES string of the molecule is CCOC(=O)CCCCCn1c(OC)nc(C)cc1=O. The first kappa shape index (κ1) is 16.2. The van der Waals surface area contributed by atoms with Gasteiger partial charge >= 0.3 is 5.97 Å². The number of methoxy groups -OCH3 is 1. The quantitative estimate of drug-likeness (QED) is 0.536. The van der Waals surface area contributed by atoms with Crippen LogP contribution >= 0.6 is 0 Å². The topological polar surface area (TPSA) is 70.4 Å². The van der Waals surface area contributed by atoms with Crippen LogP contribution in [0.1, 0.15) is 38.3 Å². The molecule has 0 aliphatic rings. The second kappa shape index (κ2) is 8.35. The lowest BCUT2D eigenvalue weighted by Crippen LogP contribution is -2.22. The van der Waals surface area contributed by atoms with Gasteiger partial charge in [0.1, 0.15) is 0 Å². The lowest BCUT2D eigenvalue weighted by atomic mass is 10.2. The van der Waals surface area contributed by atoms with Crippen LogP contribution in [0.4, 0.5) is 0 Å². The number of nitrogens with zero attached hydrogens (tertiary/aromatic N) is 2. The van der Waals surface area contributed by atoms with Gasteiger partial charge in [-0.15, -0.1) is 0 Å². The standard InChI is InChI=1S/C14H22N2O4/c1-4-20-13(18)8-6-5-7-9-16-12(17)10-11(2)15-14(16)19-3/h10H,4-9H2,1-3H3. The van der Waals surface area contributed by atoms with Crippen LogP contribution in [0.5, 0.6) is 6.01 Å². The largest absolute Gasteiger partial charge is 0.468 e. The number of carbonyl (C=O) groups excluding carboxylic acids is 1. The van der Waals surface area contributed by atoms with Crippen molar-refractivity contribution in [3.8, 4) is 6.01 Å². The minimum Gasteiger partial charge on any atom is -0.468 e. The minimum absolute atomic E-state index is 0.111. The summed E-state index contributed by atoms with van der Waals surface area (Å²) < 4.78 is 11.5. The van der Waals surface area contributed by atoms with Crippen molar-refractivity contribution in [2.24, 2.45) is 0 Å². The predicted molar refractivity (Wildman–Crippen MR) is 74.9 cm³/mol. The van der Waals surface area contributed by atoms with Gasteiger partial charge in [0.25, 0.3) is 11.6 Å². The van der Waals surface area contributed by atoms with Gasteiger partial charge in [-0.3, -0.25) is 14.2 Å². The number of rotatable bonds is 8. The van der Waals surface area contributed by atoms with Crippen molar-refractivity contribution in [2.45, 2.75) is 46.1 Å². The Morgan fingerprint density at radius 1 is 1.35 bits per heavy atom. The summed E-state index contributed by atoms with van der Waals surface area (Å²) in [6.07, 6.45) is 2.82. The normalized spacial score (nSPS) is 10.3. The summed E-state index contributed by atoms with van der Waals surface area (Å²) in [4.78, 5) is 27.2. The Balaban J connectivity index is 2.43. The molecular weight excluding hydrogens is 260 g/mol. The number of carbonyl (C=O) groups is 1. The molecule has 0 atom stereocenters. The van der Waals surface area contributed by atoms with E-state index in [1.54, 1.807) is 13.8 Å². The zero-order valence-electron chi connectivity index (χ0n) is 12.3. The van der Waals surface area contributed by atoms with E-state index in [1.165, 1.54) is 17.7 Å². The van der Waals surface area contributed by atoms with Gasteiger partial charge in [0, 0.05) is 24.7 Å². The van der Waals surface area contributed by atoms with Gasteiger partial charge in [-0.1, -0.05) is 6.42 Å². The van der Waals surface area contributed by atoms with Crippen LogP contribution in [0.2, 0.25) is 0 Å². The van der Waals surface area contributed by atoms with E-state index in [2.05, 4.69) is 4.98 Å². The Kier molecular flexibility index (Phi) is 6.76. The molecule has 0 unspecified atom stereocenters. The summed E-state index contributed by atoms with van der Waals surface area (Å²) in [6, 6.07) is 1.82. The summed E-state index contributed by atoms with van der Waals surface area (Å²) in [5.41, 5.74) is 0.533. The Morgan fingerprint density at radius 2 is 2.10 bits per heavy atom. The molecular formula is C14H22N2O4. The van der Waals surface area contributed by atoms with Gasteiger partial charge in [0.2, 0.25) is 0 Å². The lowest BCUT2D eigenvalue weighted by Gasteiger charge is -2.10. The Labute approximate surface area is 118 Å². The lowest BCUT2D eigenvalue weighted by molar-refractivity contribution is -0.143. The van der Waals surface area contributed by atoms with Crippen molar-refractivity contribution >= 4 is 5.97 Å². The zero-order chi connectivity index (χ0) is 15.0. The van der Waals surface area contributed by atoms with Crippen molar-refractivity contribution in [1.29, 1.82) is 0 Å². The Hall–Kier alpha value is -1.85. The fraction of sp³-hybridized carbons (Fsp3) is 0.643. The van der Waals surface area contributed by atoms with E-state index < -0.39 is 0 Å². The molecule has 0 spiro atoms. The third kappa shape index (κ3) is 5.03. The van der Waals surface area contributed by atoms with Crippen LogP contribution in [0, 0.1) is 6.92 Å². The van der Waals surface area contributed by atoms with Crippen molar-refractivity contribution in [3.05, 3.63) is 22.1 Å². The number of aromatic nitrogens is 2. The van der Waals surface area contributed by atoms with E-state index in [0.717, 1.165) is 19.3 Å². The fourth-order valence-electron chi connectivity index (χ4n) is 1.91. The first-order chi connectivity index (χ1) is 9.58. The molecule has 0 saturated carbocycles. The first-order valence-electron chi connectivity index (χ1n) is 6.86. The molecule has 0 fully saturated rings. The highest BCUT2D eigenvalue weighted by Crippen LogP contribution is 2.08. The average Bonchev–Trinajstić information content (AvgIpc) is 2.40. The van der Waals surface area contributed by atoms with Crippen LogP contribution in [0.3, 0.4) is 0 Å². The maximum atomic E-state index is 11.8. The summed E-state index contributed by atoms with van der Waals surface area (Å²) >= 11 is 0. The molecule has 0 amide bonds. The molecule has 0 bridgehead atoms. The zero-order valence-corrected chi connectivity index (χ0v) is 12.3. The number of hydrogen-bond acceptors (Lipinski definition) is 5. The molecule has 1 aromatic rings. The molecule has 1 rings (SSSR count). The summed E-state index contributed by atoms with van der Waals surface area (Å²) in [5.74, 6) is -0.167. The highest BCUT2D eigenvalue weighted by atomic mass is 16.5. The highest BCUT2D eigenvalue weighted by molar-refractivity contribution is 5.69. The van der Waals surface area contributed by atoms with Crippen LogP contribution in [-0.2, 0) is 16.1 Å². The maximum absolute atomic E-state index is 11.8. The van der Waals surface area contributed by atoms with Crippen molar-refractivity contribution in [2.75, 3.05) is 13.7 Å². The molecule has 0 aromatic carbocycles. The van der Waals surface area contributed by atoms with E-state index in [-0.39, 0.29) is 11.5 Å². The average molecular weight is 282 g/mol. The molecule has 0 radical (unpaired) electrons. The monoisotopic (exact) mass is 282 g/mol. The van der Waals surface area contributed by atoms with E-state index in [0.29, 0.717) is 31.3 Å². The van der Waals surface area contributed by atoms with E-state index in [9.17, 15) is 9.59 Å². The second-order valence-corrected chi connectivity index (χ2v) is 4.49. The summed E-state index contributed by atoms with van der Waals surface area (Å²) in [6.45, 7) is 4.51. The minimum atomic E-state index is -0.167. The molecule has 0 aliphatic heterocycles. The van der Waals surface area contributed by atoms with Crippen LogP contribution in [-0.4, -0.2) is 29.2 Å².